The van der Waals surface area contributed by atoms with E-state index in [0.29, 0.717) is 28.2 Å². The van der Waals surface area contributed by atoms with E-state index in [1.54, 1.807) is 42.5 Å². The van der Waals surface area contributed by atoms with Gasteiger partial charge in [-0.25, -0.2) is 0 Å². The van der Waals surface area contributed by atoms with Crippen LogP contribution in [0, 0.1) is 0 Å². The Labute approximate surface area is 172 Å². The predicted octanol–water partition coefficient (Wildman–Crippen LogP) is 6.28. The van der Waals surface area contributed by atoms with Crippen LogP contribution in [0.1, 0.15) is 11.1 Å². The van der Waals surface area contributed by atoms with E-state index in [0.717, 1.165) is 22.5 Å². The Hall–Kier alpha value is -2.27. The van der Waals surface area contributed by atoms with E-state index in [1.165, 1.54) is 6.07 Å². The highest BCUT2D eigenvalue weighted by Gasteiger charge is 2.08. The van der Waals surface area contributed by atoms with Crippen molar-refractivity contribution in [3.05, 3.63) is 80.8 Å². The Bertz CT molecular complexity index is 964. The Morgan fingerprint density at radius 3 is 1.70 bits per heavy atom. The van der Waals surface area contributed by atoms with Gasteiger partial charge in [-0.15, -0.1) is 0 Å². The van der Waals surface area contributed by atoms with Crippen LogP contribution >= 0.6 is 34.8 Å². The van der Waals surface area contributed by atoms with Crippen LogP contribution < -0.4 is 10.6 Å². The maximum absolute atomic E-state index is 9.64. The minimum Gasteiger partial charge on any atom is -0.508 e. The van der Waals surface area contributed by atoms with Gasteiger partial charge in [-0.3, -0.25) is 0 Å². The first-order valence-corrected chi connectivity index (χ1v) is 9.28. The molecule has 0 amide bonds. The third-order valence-electron chi connectivity index (χ3n) is 3.98. The van der Waals surface area contributed by atoms with Gasteiger partial charge in [-0.05, 0) is 65.7 Å². The van der Waals surface area contributed by atoms with E-state index in [-0.39, 0.29) is 11.5 Å². The fourth-order valence-corrected chi connectivity index (χ4v) is 3.13. The Morgan fingerprint density at radius 2 is 1.15 bits per heavy atom. The summed E-state index contributed by atoms with van der Waals surface area (Å²) in [6, 6.07) is 15.0. The van der Waals surface area contributed by atoms with Crippen molar-refractivity contribution in [2.45, 2.75) is 13.1 Å². The fraction of sp³-hybridized carbons (Fsp3) is 0.100. The first kappa shape index (κ1) is 19.5. The van der Waals surface area contributed by atoms with Crippen LogP contribution in [-0.2, 0) is 13.1 Å². The molecule has 7 heteroatoms. The smallest absolute Gasteiger partial charge is 0.116 e. The largest absolute Gasteiger partial charge is 0.508 e. The second-order valence-electron chi connectivity index (χ2n) is 5.95. The van der Waals surface area contributed by atoms with Crippen molar-refractivity contribution < 1.29 is 10.2 Å². The molecule has 3 rings (SSSR count). The lowest BCUT2D eigenvalue weighted by atomic mass is 10.2. The van der Waals surface area contributed by atoms with Crippen LogP contribution in [0.5, 0.6) is 11.5 Å². The number of nitrogens with one attached hydrogen (secondary N) is 2. The highest BCUT2D eigenvalue weighted by molar-refractivity contribution is 6.32. The Kier molecular flexibility index (Phi) is 6.22. The molecule has 0 atom stereocenters. The van der Waals surface area contributed by atoms with Crippen molar-refractivity contribution in [2.75, 3.05) is 10.6 Å². The van der Waals surface area contributed by atoms with Gasteiger partial charge in [0, 0.05) is 28.2 Å². The molecule has 0 unspecified atom stereocenters. The molecule has 0 aliphatic heterocycles. The number of phenolic OH excluding ortho intramolecular Hbond substituents is 2. The predicted molar refractivity (Wildman–Crippen MR) is 112 cm³/mol. The molecule has 0 aliphatic rings. The number of hydrogen-bond donors (Lipinski definition) is 4. The summed E-state index contributed by atoms with van der Waals surface area (Å²) in [6.07, 6.45) is 0. The topological polar surface area (TPSA) is 64.5 Å². The molecule has 0 bridgehead atoms. The first-order chi connectivity index (χ1) is 12.9. The van der Waals surface area contributed by atoms with Crippen molar-refractivity contribution in [1.82, 2.24) is 0 Å². The van der Waals surface area contributed by atoms with Crippen molar-refractivity contribution in [3.8, 4) is 11.5 Å². The molecular weight excluding hydrogens is 407 g/mol. The van der Waals surface area contributed by atoms with Gasteiger partial charge in [0.25, 0.3) is 0 Å². The highest BCUT2D eigenvalue weighted by atomic mass is 35.5. The summed E-state index contributed by atoms with van der Waals surface area (Å²) in [7, 11) is 0. The zero-order chi connectivity index (χ0) is 19.4. The number of halogens is 3. The number of anilines is 2. The molecule has 4 N–H and O–H groups in total. The second kappa shape index (κ2) is 8.61. The Morgan fingerprint density at radius 1 is 0.630 bits per heavy atom. The number of phenols is 2. The lowest BCUT2D eigenvalue weighted by Gasteiger charge is -2.16. The van der Waals surface area contributed by atoms with Crippen molar-refractivity contribution >= 4 is 46.2 Å². The minimum absolute atomic E-state index is 0.152. The van der Waals surface area contributed by atoms with Crippen LogP contribution in [-0.4, -0.2) is 10.2 Å². The van der Waals surface area contributed by atoms with Gasteiger partial charge >= 0.3 is 0 Å². The van der Waals surface area contributed by atoms with Crippen LogP contribution in [0.4, 0.5) is 11.4 Å². The van der Waals surface area contributed by atoms with Crippen molar-refractivity contribution in [1.29, 1.82) is 0 Å². The summed E-state index contributed by atoms with van der Waals surface area (Å²) in [5.74, 6) is 0.309. The third kappa shape index (κ3) is 5.13. The zero-order valence-electron chi connectivity index (χ0n) is 14.1. The molecule has 0 spiro atoms. The normalized spacial score (nSPS) is 10.6. The standard InChI is InChI=1S/C20H17Cl3N2O2/c21-14-1-6-19(24-10-12-7-15(26)2-4-17(12)22)20(9-14)25-11-13-8-16(27)3-5-18(13)23/h1-9,24-27H,10-11H2. The van der Waals surface area contributed by atoms with Crippen LogP contribution in [0.3, 0.4) is 0 Å². The molecule has 4 nitrogen and oxygen atoms in total. The lowest BCUT2D eigenvalue weighted by Crippen LogP contribution is -2.06. The van der Waals surface area contributed by atoms with E-state index in [9.17, 15) is 10.2 Å². The molecular formula is C20H17Cl3N2O2. The van der Waals surface area contributed by atoms with Gasteiger partial charge < -0.3 is 20.8 Å². The highest BCUT2D eigenvalue weighted by Crippen LogP contribution is 2.29. The molecule has 3 aromatic rings. The summed E-state index contributed by atoms with van der Waals surface area (Å²) in [5, 5.41) is 27.5. The number of aromatic hydroxyl groups is 2. The SMILES string of the molecule is Oc1ccc(Cl)c(CNc2ccc(Cl)cc2NCc2cc(O)ccc2Cl)c1. The molecule has 0 saturated heterocycles. The molecule has 0 aromatic heterocycles. The lowest BCUT2D eigenvalue weighted by molar-refractivity contribution is 0.474. The zero-order valence-corrected chi connectivity index (χ0v) is 16.4. The summed E-state index contributed by atoms with van der Waals surface area (Å²) < 4.78 is 0. The number of hydrogen-bond acceptors (Lipinski definition) is 4. The van der Waals surface area contributed by atoms with E-state index >= 15 is 0 Å². The van der Waals surface area contributed by atoms with Gasteiger partial charge in [-0.2, -0.15) is 0 Å². The van der Waals surface area contributed by atoms with Crippen molar-refractivity contribution in [3.63, 3.8) is 0 Å². The quantitative estimate of drug-likeness (QED) is 0.376. The van der Waals surface area contributed by atoms with Gasteiger partial charge in [0.1, 0.15) is 11.5 Å². The average molecular weight is 424 g/mol. The molecule has 0 saturated carbocycles. The minimum atomic E-state index is 0.152. The summed E-state index contributed by atoms with van der Waals surface area (Å²) in [4.78, 5) is 0. The van der Waals surface area contributed by atoms with E-state index in [1.807, 2.05) is 6.07 Å². The number of benzene rings is 3. The first-order valence-electron chi connectivity index (χ1n) is 8.14. The van der Waals surface area contributed by atoms with Crippen LogP contribution in [0.25, 0.3) is 0 Å². The molecule has 0 heterocycles. The third-order valence-corrected chi connectivity index (χ3v) is 4.95. The van der Waals surface area contributed by atoms with Gasteiger partial charge in [0.2, 0.25) is 0 Å². The van der Waals surface area contributed by atoms with Crippen molar-refractivity contribution in [2.24, 2.45) is 0 Å². The Balaban J connectivity index is 1.76. The van der Waals surface area contributed by atoms with E-state index < -0.39 is 0 Å². The van der Waals surface area contributed by atoms with E-state index in [4.69, 9.17) is 34.8 Å². The summed E-state index contributed by atoms with van der Waals surface area (Å²) in [5.41, 5.74) is 3.13. The van der Waals surface area contributed by atoms with E-state index in [2.05, 4.69) is 10.6 Å². The van der Waals surface area contributed by atoms with Crippen LogP contribution in [0.15, 0.2) is 54.6 Å². The monoisotopic (exact) mass is 422 g/mol. The van der Waals surface area contributed by atoms with Gasteiger partial charge in [0.15, 0.2) is 0 Å². The maximum Gasteiger partial charge on any atom is 0.116 e. The van der Waals surface area contributed by atoms with Gasteiger partial charge in [0.05, 0.1) is 11.4 Å². The average Bonchev–Trinajstić information content (AvgIpc) is 2.64. The second-order valence-corrected chi connectivity index (χ2v) is 7.20. The van der Waals surface area contributed by atoms with Gasteiger partial charge in [-0.1, -0.05) is 34.8 Å². The molecule has 0 fully saturated rings. The number of rotatable bonds is 6. The summed E-state index contributed by atoms with van der Waals surface area (Å²) >= 11 is 18.5. The summed E-state index contributed by atoms with van der Waals surface area (Å²) in [6.45, 7) is 0.839. The maximum atomic E-state index is 9.64. The molecule has 0 radical (unpaired) electrons. The fourth-order valence-electron chi connectivity index (χ4n) is 2.59. The molecule has 140 valence electrons. The molecule has 0 aliphatic carbocycles. The molecule has 3 aromatic carbocycles. The van der Waals surface area contributed by atoms with Crippen LogP contribution in [0.2, 0.25) is 15.1 Å². The molecule has 27 heavy (non-hydrogen) atoms.